The van der Waals surface area contributed by atoms with Crippen molar-refractivity contribution >= 4 is 65.2 Å². The van der Waals surface area contributed by atoms with Crippen LogP contribution in [0.3, 0.4) is 0 Å². The van der Waals surface area contributed by atoms with Gasteiger partial charge in [0, 0.05) is 33.4 Å². The second-order valence-corrected chi connectivity index (χ2v) is 10.9. The van der Waals surface area contributed by atoms with E-state index < -0.39 is 113 Å². The van der Waals surface area contributed by atoms with Crippen LogP contribution in [0.25, 0.3) is 98.8 Å². The molecule has 0 aliphatic heterocycles. The second kappa shape index (κ2) is 9.69. The van der Waals surface area contributed by atoms with E-state index >= 15 is 0 Å². The van der Waals surface area contributed by atoms with Crippen LogP contribution in [0.4, 0.5) is 0 Å². The fraction of sp³-hybridized carbons (Fsp3) is 0. The maximum Gasteiger partial charge on any atom is 0.144 e. The normalized spacial score (nSPS) is 16.5. The van der Waals surface area contributed by atoms with E-state index in [9.17, 15) is 6.85 Å². The minimum atomic E-state index is -0.778. The van der Waals surface area contributed by atoms with Gasteiger partial charge >= 0.3 is 0 Å². The van der Waals surface area contributed by atoms with Crippen molar-refractivity contribution in [1.82, 2.24) is 0 Å². The Morgan fingerprint density at radius 2 is 1.00 bits per heavy atom. The van der Waals surface area contributed by atoms with E-state index in [0.717, 1.165) is 10.8 Å². The highest BCUT2D eigenvalue weighted by Gasteiger charge is 2.25. The molecule has 0 saturated heterocycles. The number of hydrogen-bond donors (Lipinski definition) is 0. The molecule has 0 bridgehead atoms. The minimum Gasteiger partial charge on any atom is -0.456 e. The molecule has 46 heavy (non-hydrogen) atoms. The van der Waals surface area contributed by atoms with E-state index in [1.54, 1.807) is 36.4 Å². The average Bonchev–Trinajstić information content (AvgIpc) is 3.82. The molecule has 214 valence electrons. The number of benzene rings is 8. The molecule has 0 radical (unpaired) electrons. The molecule has 0 amide bonds. The monoisotopic (exact) mass is 601 g/mol. The lowest BCUT2D eigenvalue weighted by molar-refractivity contribution is 0.630. The highest BCUT2D eigenvalue weighted by molar-refractivity contribution is 6.25. The predicted molar refractivity (Wildman–Crippen MR) is 192 cm³/mol. The van der Waals surface area contributed by atoms with Gasteiger partial charge in [-0.05, 0) is 61.1 Å². The van der Waals surface area contributed by atoms with Gasteiger partial charge in [-0.3, -0.25) is 0 Å². The van der Waals surface area contributed by atoms with Crippen molar-refractivity contribution in [3.63, 3.8) is 0 Å². The Morgan fingerprint density at radius 1 is 0.391 bits per heavy atom. The Bertz CT molecular complexity index is 3560. The lowest BCUT2D eigenvalue weighted by Gasteiger charge is -2.18. The number of fused-ring (bicyclic) bond motifs is 7. The molecule has 0 aliphatic rings. The Kier molecular flexibility index (Phi) is 3.11. The van der Waals surface area contributed by atoms with Crippen LogP contribution in [0.1, 0.15) is 20.6 Å². The first-order valence-corrected chi connectivity index (χ1v) is 14.5. The summed E-state index contributed by atoms with van der Waals surface area (Å²) >= 11 is 0. The van der Waals surface area contributed by atoms with Gasteiger partial charge in [0.15, 0.2) is 0 Å². The van der Waals surface area contributed by atoms with Crippen molar-refractivity contribution in [3.05, 3.63) is 157 Å². The third-order valence-electron chi connectivity index (χ3n) is 8.41. The van der Waals surface area contributed by atoms with E-state index in [1.165, 1.54) is 0 Å². The zero-order valence-corrected chi connectivity index (χ0v) is 23.7. The summed E-state index contributed by atoms with van der Waals surface area (Å²) in [4.78, 5) is 0. The molecule has 0 aliphatic carbocycles. The first kappa shape index (κ1) is 14.8. The Morgan fingerprint density at radius 3 is 1.76 bits per heavy atom. The maximum absolute atomic E-state index is 9.52. The summed E-state index contributed by atoms with van der Waals surface area (Å²) in [6.45, 7) is 0. The predicted octanol–water partition coefficient (Wildman–Crippen LogP) is 12.8. The van der Waals surface area contributed by atoms with Crippen molar-refractivity contribution in [2.75, 3.05) is 0 Å². The van der Waals surface area contributed by atoms with E-state index in [4.69, 9.17) is 22.5 Å². The standard InChI is InChI=1S/C44H26O2/c1-2-14-28(15-3-1)41-37-25-36-30-18-10-11-24-38(30)45-39(36)26-40(37)46-44(41)43-34-21-8-6-19-32(34)42(33-20-7-9-22-35(33)43)31-23-12-16-27-13-4-5-17-29(27)31/h1-26H/i4D,5D,6D,7D,8D,9D,12D,13D,16D,17D,19D,20D,21D,22D,23D. The van der Waals surface area contributed by atoms with E-state index in [2.05, 4.69) is 0 Å². The summed E-state index contributed by atoms with van der Waals surface area (Å²) in [6.07, 6.45) is 0. The van der Waals surface area contributed by atoms with Crippen LogP contribution in [0, 0.1) is 0 Å². The first-order chi connectivity index (χ1) is 29.1. The molecule has 10 rings (SSSR count). The smallest absolute Gasteiger partial charge is 0.144 e. The van der Waals surface area contributed by atoms with Crippen molar-refractivity contribution in [2.45, 2.75) is 0 Å². The van der Waals surface area contributed by atoms with Gasteiger partial charge in [0.05, 0.1) is 20.6 Å². The highest BCUT2D eigenvalue weighted by atomic mass is 16.3. The summed E-state index contributed by atoms with van der Waals surface area (Å²) in [5.41, 5.74) is 1.40. The third-order valence-corrected chi connectivity index (χ3v) is 8.41. The largest absolute Gasteiger partial charge is 0.456 e. The zero-order valence-electron chi connectivity index (χ0n) is 38.7. The van der Waals surface area contributed by atoms with Gasteiger partial charge < -0.3 is 8.83 Å². The van der Waals surface area contributed by atoms with Gasteiger partial charge in [-0.15, -0.1) is 0 Å². The van der Waals surface area contributed by atoms with Gasteiger partial charge in [-0.1, -0.05) is 139 Å². The third kappa shape index (κ3) is 3.59. The van der Waals surface area contributed by atoms with Crippen LogP contribution in [-0.2, 0) is 0 Å². The summed E-state index contributed by atoms with van der Waals surface area (Å²) in [5, 5.41) is -0.0666. The van der Waals surface area contributed by atoms with Crippen LogP contribution in [0.5, 0.6) is 0 Å². The van der Waals surface area contributed by atoms with Crippen molar-refractivity contribution < 1.29 is 29.4 Å². The quantitative estimate of drug-likeness (QED) is 0.188. The molecule has 0 atom stereocenters. The van der Waals surface area contributed by atoms with E-state index in [0.29, 0.717) is 27.7 Å². The molecule has 0 spiro atoms. The number of hydrogen-bond acceptors (Lipinski definition) is 2. The topological polar surface area (TPSA) is 26.3 Å². The molecular formula is C44H26O2. The van der Waals surface area contributed by atoms with Crippen molar-refractivity contribution in [3.8, 4) is 33.6 Å². The minimum absolute atomic E-state index is 0.0182. The highest BCUT2D eigenvalue weighted by Crippen LogP contribution is 2.50. The lowest BCUT2D eigenvalue weighted by Crippen LogP contribution is -1.92. The molecule has 0 N–H and O–H groups in total. The van der Waals surface area contributed by atoms with E-state index in [1.807, 2.05) is 30.3 Å². The fourth-order valence-electron chi connectivity index (χ4n) is 6.49. The van der Waals surface area contributed by atoms with Gasteiger partial charge in [0.25, 0.3) is 0 Å². The molecule has 2 heteroatoms. The molecule has 8 aromatic carbocycles. The zero-order chi connectivity index (χ0) is 43.2. The SMILES string of the molecule is [2H]c1c([2H])c([2H])c2c(-c3c4c([2H])c([2H])c([2H])c([2H])c4c(-c4oc5cc6oc7ccccc7c6cc5c4-c4ccccc4)c4c([2H])c([2H])c([2H])c([2H])c34)c([2H])c([2H])c([2H])c2c1[2H]. The summed E-state index contributed by atoms with van der Waals surface area (Å²) in [5.74, 6) is -0.0182. The van der Waals surface area contributed by atoms with Crippen LogP contribution in [0.15, 0.2) is 166 Å². The number of furan rings is 2. The van der Waals surface area contributed by atoms with Crippen LogP contribution in [0.2, 0.25) is 0 Å². The van der Waals surface area contributed by atoms with E-state index in [-0.39, 0.29) is 38.5 Å². The fourth-order valence-corrected chi connectivity index (χ4v) is 6.49. The first-order valence-electron chi connectivity index (χ1n) is 22.0. The molecule has 2 aromatic heterocycles. The molecule has 0 unspecified atom stereocenters. The molecular weight excluding hydrogens is 560 g/mol. The molecule has 10 aromatic rings. The Labute approximate surface area is 285 Å². The van der Waals surface area contributed by atoms with Gasteiger partial charge in [0.1, 0.15) is 22.5 Å². The Hall–Kier alpha value is -6.12. The molecule has 2 heterocycles. The lowest BCUT2D eigenvalue weighted by atomic mass is 9.85. The number of para-hydroxylation sites is 1. The summed E-state index contributed by atoms with van der Waals surface area (Å²) in [6, 6.07) is 9.33. The van der Waals surface area contributed by atoms with Crippen LogP contribution >= 0.6 is 0 Å². The van der Waals surface area contributed by atoms with Crippen LogP contribution < -0.4 is 0 Å². The molecule has 0 saturated carbocycles. The summed E-state index contributed by atoms with van der Waals surface area (Å²) in [7, 11) is 0. The number of rotatable bonds is 3. The molecule has 2 nitrogen and oxygen atoms in total. The van der Waals surface area contributed by atoms with Crippen LogP contribution in [-0.4, -0.2) is 0 Å². The van der Waals surface area contributed by atoms with Gasteiger partial charge in [-0.25, -0.2) is 0 Å². The second-order valence-electron chi connectivity index (χ2n) is 10.9. The van der Waals surface area contributed by atoms with Crippen molar-refractivity contribution in [2.24, 2.45) is 0 Å². The summed E-state index contributed by atoms with van der Waals surface area (Å²) < 4.78 is 148. The van der Waals surface area contributed by atoms with Gasteiger partial charge in [-0.2, -0.15) is 0 Å². The van der Waals surface area contributed by atoms with Gasteiger partial charge in [0.2, 0.25) is 0 Å². The average molecular weight is 602 g/mol. The maximum atomic E-state index is 9.52. The Balaban J connectivity index is 1.53. The van der Waals surface area contributed by atoms with Crippen molar-refractivity contribution in [1.29, 1.82) is 0 Å². The molecule has 0 fully saturated rings.